The predicted octanol–water partition coefficient (Wildman–Crippen LogP) is 2.85. The maximum absolute atomic E-state index is 10.7. The van der Waals surface area contributed by atoms with Crippen LogP contribution in [0.3, 0.4) is 0 Å². The molecule has 0 amide bonds. The van der Waals surface area contributed by atoms with Crippen molar-refractivity contribution in [1.29, 1.82) is 0 Å². The minimum Gasteiger partial charge on any atom is -0.469 e. The molecule has 0 aromatic rings. The fourth-order valence-corrected chi connectivity index (χ4v) is 0.919. The number of hydrogen-bond acceptors (Lipinski definition) is 2. The molecule has 0 heterocycles. The van der Waals surface area contributed by atoms with E-state index in [1.807, 2.05) is 12.2 Å². The van der Waals surface area contributed by atoms with E-state index in [0.717, 1.165) is 25.7 Å². The first-order valence-electron chi connectivity index (χ1n) is 4.64. The molecule has 0 aliphatic heterocycles. The van der Waals surface area contributed by atoms with Crippen LogP contribution in [0.1, 0.15) is 32.1 Å². The number of allylic oxidation sites excluding steroid dienone is 3. The molecule has 0 spiro atoms. The van der Waals surface area contributed by atoms with E-state index >= 15 is 0 Å². The van der Waals surface area contributed by atoms with Gasteiger partial charge in [0.2, 0.25) is 0 Å². The fraction of sp³-hybridized carbons (Fsp3) is 0.545. The van der Waals surface area contributed by atoms with Crippen molar-refractivity contribution in [2.45, 2.75) is 32.1 Å². The summed E-state index contributed by atoms with van der Waals surface area (Å²) in [6.07, 6.45) is 10.6. The smallest absolute Gasteiger partial charge is 0.305 e. The number of unbranched alkanes of at least 4 members (excludes halogenated alkanes) is 2. The minimum atomic E-state index is -0.143. The summed E-state index contributed by atoms with van der Waals surface area (Å²) in [6, 6.07) is 0. The summed E-state index contributed by atoms with van der Waals surface area (Å²) in [7, 11) is 1.41. The van der Waals surface area contributed by atoms with Gasteiger partial charge >= 0.3 is 5.97 Å². The lowest BCUT2D eigenvalue weighted by molar-refractivity contribution is -0.140. The Kier molecular flexibility index (Phi) is 8.31. The minimum absolute atomic E-state index is 0.143. The van der Waals surface area contributed by atoms with Gasteiger partial charge in [0.25, 0.3) is 0 Å². The van der Waals surface area contributed by atoms with Crippen LogP contribution >= 0.6 is 0 Å². The molecule has 0 aliphatic carbocycles. The van der Waals surface area contributed by atoms with Crippen LogP contribution in [0.5, 0.6) is 0 Å². The second-order valence-corrected chi connectivity index (χ2v) is 2.81. The topological polar surface area (TPSA) is 26.3 Å². The molecule has 0 radical (unpaired) electrons. The zero-order chi connectivity index (χ0) is 9.94. The Morgan fingerprint density at radius 1 is 1.31 bits per heavy atom. The van der Waals surface area contributed by atoms with Crippen molar-refractivity contribution in [1.82, 2.24) is 0 Å². The van der Waals surface area contributed by atoms with E-state index < -0.39 is 0 Å². The molecular weight excluding hydrogens is 164 g/mol. The first-order valence-corrected chi connectivity index (χ1v) is 4.64. The van der Waals surface area contributed by atoms with E-state index in [-0.39, 0.29) is 5.97 Å². The number of methoxy groups -OCH3 is 1. The average Bonchev–Trinajstić information content (AvgIpc) is 2.16. The third-order valence-corrected chi connectivity index (χ3v) is 1.69. The lowest BCUT2D eigenvalue weighted by atomic mass is 10.2. The van der Waals surface area contributed by atoms with Crippen molar-refractivity contribution in [2.24, 2.45) is 0 Å². The average molecular weight is 182 g/mol. The third kappa shape index (κ3) is 8.86. The second-order valence-electron chi connectivity index (χ2n) is 2.81. The molecule has 13 heavy (non-hydrogen) atoms. The summed E-state index contributed by atoms with van der Waals surface area (Å²) < 4.78 is 4.51. The van der Waals surface area contributed by atoms with Gasteiger partial charge in [0.05, 0.1) is 7.11 Å². The van der Waals surface area contributed by atoms with Gasteiger partial charge in [-0.25, -0.2) is 0 Å². The standard InChI is InChI=1S/C11H18O2/c1-3-4-5-6-7-8-9-10-11(12)13-2/h3,7-8H,1,4-6,9-10H2,2H3/b8-7+. The highest BCUT2D eigenvalue weighted by Gasteiger charge is 1.95. The molecule has 0 saturated carbocycles. The lowest BCUT2D eigenvalue weighted by Gasteiger charge is -1.94. The monoisotopic (exact) mass is 182 g/mol. The molecule has 0 aliphatic rings. The fourth-order valence-electron chi connectivity index (χ4n) is 0.919. The summed E-state index contributed by atoms with van der Waals surface area (Å²) in [6.45, 7) is 3.64. The van der Waals surface area contributed by atoms with E-state index in [1.165, 1.54) is 7.11 Å². The maximum atomic E-state index is 10.7. The van der Waals surface area contributed by atoms with Gasteiger partial charge in [-0.3, -0.25) is 4.79 Å². The molecule has 0 atom stereocenters. The number of esters is 1. The molecule has 0 aromatic carbocycles. The molecule has 2 nitrogen and oxygen atoms in total. The third-order valence-electron chi connectivity index (χ3n) is 1.69. The Labute approximate surface area is 80.3 Å². The molecule has 0 bridgehead atoms. The zero-order valence-electron chi connectivity index (χ0n) is 8.29. The Hall–Kier alpha value is -1.05. The first kappa shape index (κ1) is 11.9. The Balaban J connectivity index is 3.21. The quantitative estimate of drug-likeness (QED) is 0.344. The molecule has 0 saturated heterocycles. The molecule has 0 aromatic heterocycles. The van der Waals surface area contributed by atoms with Crippen LogP contribution in [-0.4, -0.2) is 13.1 Å². The number of ether oxygens (including phenoxy) is 1. The number of hydrogen-bond donors (Lipinski definition) is 0. The number of carbonyl (C=O) groups excluding carboxylic acids is 1. The van der Waals surface area contributed by atoms with E-state index in [0.29, 0.717) is 6.42 Å². The summed E-state index contributed by atoms with van der Waals surface area (Å²) in [4.78, 5) is 10.7. The number of carbonyl (C=O) groups is 1. The Morgan fingerprint density at radius 2 is 2.00 bits per heavy atom. The molecule has 0 N–H and O–H groups in total. The van der Waals surface area contributed by atoms with Crippen LogP contribution in [0.25, 0.3) is 0 Å². The Bertz CT molecular complexity index is 171. The highest BCUT2D eigenvalue weighted by atomic mass is 16.5. The van der Waals surface area contributed by atoms with Crippen LogP contribution in [0, 0.1) is 0 Å². The van der Waals surface area contributed by atoms with Crippen molar-refractivity contribution in [3.05, 3.63) is 24.8 Å². The van der Waals surface area contributed by atoms with Gasteiger partial charge in [-0.2, -0.15) is 0 Å². The van der Waals surface area contributed by atoms with E-state index in [1.54, 1.807) is 0 Å². The molecule has 0 fully saturated rings. The van der Waals surface area contributed by atoms with E-state index in [4.69, 9.17) is 0 Å². The van der Waals surface area contributed by atoms with E-state index in [9.17, 15) is 4.79 Å². The molecule has 74 valence electrons. The summed E-state index contributed by atoms with van der Waals surface area (Å²) in [5.74, 6) is -0.143. The molecule has 0 rings (SSSR count). The van der Waals surface area contributed by atoms with Gasteiger partial charge in [-0.05, 0) is 25.7 Å². The molecular formula is C11H18O2. The number of rotatable bonds is 7. The van der Waals surface area contributed by atoms with Gasteiger partial charge < -0.3 is 4.74 Å². The van der Waals surface area contributed by atoms with Crippen molar-refractivity contribution in [3.63, 3.8) is 0 Å². The van der Waals surface area contributed by atoms with Crippen LogP contribution in [0.4, 0.5) is 0 Å². The van der Waals surface area contributed by atoms with Crippen LogP contribution < -0.4 is 0 Å². The molecule has 2 heteroatoms. The van der Waals surface area contributed by atoms with E-state index in [2.05, 4.69) is 17.4 Å². The lowest BCUT2D eigenvalue weighted by Crippen LogP contribution is -1.97. The summed E-state index contributed by atoms with van der Waals surface area (Å²) in [5, 5.41) is 0. The summed E-state index contributed by atoms with van der Waals surface area (Å²) >= 11 is 0. The highest BCUT2D eigenvalue weighted by molar-refractivity contribution is 5.69. The van der Waals surface area contributed by atoms with Gasteiger partial charge in [-0.15, -0.1) is 6.58 Å². The van der Waals surface area contributed by atoms with Crippen LogP contribution in [-0.2, 0) is 9.53 Å². The van der Waals surface area contributed by atoms with Crippen LogP contribution in [0.15, 0.2) is 24.8 Å². The van der Waals surface area contributed by atoms with Gasteiger partial charge in [0.15, 0.2) is 0 Å². The Morgan fingerprint density at radius 3 is 2.62 bits per heavy atom. The molecule has 0 unspecified atom stereocenters. The second kappa shape index (κ2) is 9.04. The maximum Gasteiger partial charge on any atom is 0.305 e. The van der Waals surface area contributed by atoms with Crippen molar-refractivity contribution < 1.29 is 9.53 Å². The van der Waals surface area contributed by atoms with Gasteiger partial charge in [0.1, 0.15) is 0 Å². The normalized spacial score (nSPS) is 10.2. The highest BCUT2D eigenvalue weighted by Crippen LogP contribution is 1.99. The first-order chi connectivity index (χ1) is 6.31. The van der Waals surface area contributed by atoms with Crippen molar-refractivity contribution >= 4 is 5.97 Å². The van der Waals surface area contributed by atoms with Crippen LogP contribution in [0.2, 0.25) is 0 Å². The van der Waals surface area contributed by atoms with Gasteiger partial charge in [0, 0.05) is 6.42 Å². The van der Waals surface area contributed by atoms with Crippen molar-refractivity contribution in [2.75, 3.05) is 7.11 Å². The SMILES string of the molecule is C=CCCC/C=C/CCC(=O)OC. The van der Waals surface area contributed by atoms with Gasteiger partial charge in [-0.1, -0.05) is 18.2 Å². The zero-order valence-corrected chi connectivity index (χ0v) is 8.29. The van der Waals surface area contributed by atoms with Crippen molar-refractivity contribution in [3.8, 4) is 0 Å². The largest absolute Gasteiger partial charge is 0.469 e. The summed E-state index contributed by atoms with van der Waals surface area (Å²) in [5.41, 5.74) is 0. The predicted molar refractivity (Wildman–Crippen MR) is 54.4 cm³/mol.